The Kier molecular flexibility index (Phi) is 4.25. The molecule has 2 rings (SSSR count). The van der Waals surface area contributed by atoms with Crippen molar-refractivity contribution in [3.05, 3.63) is 18.3 Å². The number of hydrogen-bond donors (Lipinski definition) is 1. The zero-order valence-electron chi connectivity index (χ0n) is 10.2. The first kappa shape index (κ1) is 12.2. The molecule has 0 radical (unpaired) electrons. The molecular weight excluding hydrogens is 219 g/mol. The van der Waals surface area contributed by atoms with Crippen LogP contribution in [-0.2, 0) is 0 Å². The van der Waals surface area contributed by atoms with E-state index in [0.29, 0.717) is 11.9 Å². The zero-order chi connectivity index (χ0) is 12.1. The van der Waals surface area contributed by atoms with Gasteiger partial charge in [0.2, 0.25) is 5.95 Å². The molecule has 1 aromatic rings. The normalized spacial score (nSPS) is 18.9. The third kappa shape index (κ3) is 3.63. The van der Waals surface area contributed by atoms with Crippen LogP contribution in [0, 0.1) is 5.95 Å². The summed E-state index contributed by atoms with van der Waals surface area (Å²) < 4.78 is 12.8. The molecule has 1 atom stereocenters. The highest BCUT2D eigenvalue weighted by Gasteiger charge is 2.16. The highest BCUT2D eigenvalue weighted by atomic mass is 19.1. The second kappa shape index (κ2) is 5.91. The Hall–Kier alpha value is -1.23. The van der Waals surface area contributed by atoms with Crippen LogP contribution in [0.2, 0.25) is 0 Å². The Balaban J connectivity index is 1.80. The average Bonchev–Trinajstić information content (AvgIpc) is 2.37. The summed E-state index contributed by atoms with van der Waals surface area (Å²) in [6.07, 6.45) is 5.15. The molecular formula is C12H19FN4. The summed E-state index contributed by atoms with van der Waals surface area (Å²) in [7, 11) is 0. The minimum Gasteiger partial charge on any atom is -0.368 e. The minimum absolute atomic E-state index is 0.452. The topological polar surface area (TPSA) is 41.1 Å². The van der Waals surface area contributed by atoms with Crippen molar-refractivity contribution < 1.29 is 4.39 Å². The molecule has 0 spiro atoms. The van der Waals surface area contributed by atoms with Crippen LogP contribution in [0.25, 0.3) is 0 Å². The molecule has 1 N–H and O–H groups in total. The number of rotatable bonds is 4. The van der Waals surface area contributed by atoms with Crippen LogP contribution in [-0.4, -0.2) is 40.5 Å². The highest BCUT2D eigenvalue weighted by molar-refractivity contribution is 5.32. The van der Waals surface area contributed by atoms with Gasteiger partial charge in [-0.25, -0.2) is 9.97 Å². The second-order valence-electron chi connectivity index (χ2n) is 4.55. The van der Waals surface area contributed by atoms with Gasteiger partial charge in [0, 0.05) is 18.7 Å². The van der Waals surface area contributed by atoms with Crippen molar-refractivity contribution in [3.8, 4) is 0 Å². The number of halogens is 1. The molecule has 0 amide bonds. The lowest BCUT2D eigenvalue weighted by atomic mass is 10.1. The van der Waals surface area contributed by atoms with E-state index in [1.54, 1.807) is 0 Å². The van der Waals surface area contributed by atoms with E-state index in [0.717, 1.165) is 6.54 Å². The molecule has 0 aromatic carbocycles. The molecule has 1 fully saturated rings. The lowest BCUT2D eigenvalue weighted by molar-refractivity contribution is 0.180. The van der Waals surface area contributed by atoms with Crippen molar-refractivity contribution in [2.24, 2.45) is 0 Å². The Morgan fingerprint density at radius 2 is 2.12 bits per heavy atom. The maximum Gasteiger partial charge on any atom is 0.217 e. The summed E-state index contributed by atoms with van der Waals surface area (Å²) in [6, 6.07) is 1.77. The molecule has 0 aliphatic carbocycles. The molecule has 1 unspecified atom stereocenters. The maximum atomic E-state index is 12.8. The molecule has 94 valence electrons. The van der Waals surface area contributed by atoms with Crippen molar-refractivity contribution in [2.45, 2.75) is 32.2 Å². The Morgan fingerprint density at radius 3 is 2.82 bits per heavy atom. The van der Waals surface area contributed by atoms with Gasteiger partial charge in [-0.05, 0) is 32.9 Å². The highest BCUT2D eigenvalue weighted by Crippen LogP contribution is 2.12. The Bertz CT molecular complexity index is 352. The van der Waals surface area contributed by atoms with Gasteiger partial charge in [-0.1, -0.05) is 6.42 Å². The monoisotopic (exact) mass is 238 g/mol. The van der Waals surface area contributed by atoms with E-state index in [2.05, 4.69) is 27.1 Å². The number of hydrogen-bond acceptors (Lipinski definition) is 4. The SMILES string of the molecule is CC(CNc1cc(F)ncn1)N1CCCCC1. The quantitative estimate of drug-likeness (QED) is 0.813. The van der Waals surface area contributed by atoms with E-state index in [1.807, 2.05) is 0 Å². The van der Waals surface area contributed by atoms with E-state index in [4.69, 9.17) is 0 Å². The molecule has 1 aliphatic heterocycles. The van der Waals surface area contributed by atoms with Crippen LogP contribution in [0.4, 0.5) is 10.2 Å². The summed E-state index contributed by atoms with van der Waals surface area (Å²) in [5, 5.41) is 3.15. The molecule has 0 bridgehead atoms. The number of nitrogens with zero attached hydrogens (tertiary/aromatic N) is 3. The Labute approximate surface area is 101 Å². The van der Waals surface area contributed by atoms with Crippen LogP contribution in [0.15, 0.2) is 12.4 Å². The summed E-state index contributed by atoms with van der Waals surface area (Å²) in [5.41, 5.74) is 0. The van der Waals surface area contributed by atoms with E-state index in [1.165, 1.54) is 44.7 Å². The van der Waals surface area contributed by atoms with Gasteiger partial charge in [0.1, 0.15) is 12.1 Å². The zero-order valence-corrected chi connectivity index (χ0v) is 10.2. The predicted octanol–water partition coefficient (Wildman–Crippen LogP) is 1.90. The third-order valence-corrected chi connectivity index (χ3v) is 3.23. The van der Waals surface area contributed by atoms with Crippen LogP contribution < -0.4 is 5.32 Å². The van der Waals surface area contributed by atoms with Gasteiger partial charge in [-0.2, -0.15) is 4.39 Å². The van der Waals surface area contributed by atoms with Gasteiger partial charge in [0.15, 0.2) is 0 Å². The van der Waals surface area contributed by atoms with Gasteiger partial charge in [-0.3, -0.25) is 4.90 Å². The van der Waals surface area contributed by atoms with Crippen LogP contribution in [0.5, 0.6) is 0 Å². The average molecular weight is 238 g/mol. The summed E-state index contributed by atoms with van der Waals surface area (Å²) in [5.74, 6) is 0.0643. The van der Waals surface area contributed by atoms with Crippen LogP contribution >= 0.6 is 0 Å². The number of likely N-dealkylation sites (tertiary alicyclic amines) is 1. The van der Waals surface area contributed by atoms with Gasteiger partial charge < -0.3 is 5.32 Å². The molecule has 2 heterocycles. The summed E-state index contributed by atoms with van der Waals surface area (Å²) in [4.78, 5) is 9.87. The summed E-state index contributed by atoms with van der Waals surface area (Å²) >= 11 is 0. The largest absolute Gasteiger partial charge is 0.368 e. The first-order chi connectivity index (χ1) is 8.25. The van der Waals surface area contributed by atoms with Crippen molar-refractivity contribution in [2.75, 3.05) is 25.0 Å². The number of nitrogens with one attached hydrogen (secondary N) is 1. The maximum absolute atomic E-state index is 12.8. The second-order valence-corrected chi connectivity index (χ2v) is 4.55. The van der Waals surface area contributed by atoms with Crippen LogP contribution in [0.3, 0.4) is 0 Å². The molecule has 5 heteroatoms. The first-order valence-electron chi connectivity index (χ1n) is 6.21. The van der Waals surface area contributed by atoms with Crippen molar-refractivity contribution in [1.82, 2.24) is 14.9 Å². The van der Waals surface area contributed by atoms with Gasteiger partial charge in [0.25, 0.3) is 0 Å². The Morgan fingerprint density at radius 1 is 1.35 bits per heavy atom. The molecule has 0 saturated carbocycles. The molecule has 4 nitrogen and oxygen atoms in total. The lowest BCUT2D eigenvalue weighted by Gasteiger charge is -2.32. The van der Waals surface area contributed by atoms with E-state index in [9.17, 15) is 4.39 Å². The fraction of sp³-hybridized carbons (Fsp3) is 0.667. The third-order valence-electron chi connectivity index (χ3n) is 3.23. The molecule has 1 aromatic heterocycles. The number of anilines is 1. The lowest BCUT2D eigenvalue weighted by Crippen LogP contribution is -2.41. The number of piperidine rings is 1. The molecule has 17 heavy (non-hydrogen) atoms. The fourth-order valence-corrected chi connectivity index (χ4v) is 2.17. The minimum atomic E-state index is -0.492. The van der Waals surface area contributed by atoms with E-state index in [-0.39, 0.29) is 0 Å². The van der Waals surface area contributed by atoms with Gasteiger partial charge in [-0.15, -0.1) is 0 Å². The fourth-order valence-electron chi connectivity index (χ4n) is 2.17. The van der Waals surface area contributed by atoms with Gasteiger partial charge >= 0.3 is 0 Å². The standard InChI is InChI=1S/C12H19FN4/c1-10(17-5-3-2-4-6-17)8-14-12-7-11(13)15-9-16-12/h7,9-10H,2-6,8H2,1H3,(H,14,15,16). The van der Waals surface area contributed by atoms with E-state index >= 15 is 0 Å². The predicted molar refractivity (Wildman–Crippen MR) is 65.4 cm³/mol. The smallest absolute Gasteiger partial charge is 0.217 e. The van der Waals surface area contributed by atoms with Gasteiger partial charge in [0.05, 0.1) is 0 Å². The number of aromatic nitrogens is 2. The van der Waals surface area contributed by atoms with Crippen LogP contribution in [0.1, 0.15) is 26.2 Å². The van der Waals surface area contributed by atoms with Crippen molar-refractivity contribution in [3.63, 3.8) is 0 Å². The van der Waals surface area contributed by atoms with E-state index < -0.39 is 5.95 Å². The summed E-state index contributed by atoms with van der Waals surface area (Å²) in [6.45, 7) is 5.31. The van der Waals surface area contributed by atoms with Crippen molar-refractivity contribution >= 4 is 5.82 Å². The molecule has 1 aliphatic rings. The van der Waals surface area contributed by atoms with Crippen molar-refractivity contribution in [1.29, 1.82) is 0 Å². The molecule has 1 saturated heterocycles. The first-order valence-corrected chi connectivity index (χ1v) is 6.21.